The second-order valence-corrected chi connectivity index (χ2v) is 7.70. The van der Waals surface area contributed by atoms with Gasteiger partial charge in [0.15, 0.2) is 0 Å². The average Bonchev–Trinajstić information content (AvgIpc) is 3.35. The van der Waals surface area contributed by atoms with Crippen LogP contribution in [0.4, 0.5) is 0 Å². The van der Waals surface area contributed by atoms with Crippen LogP contribution in [0.2, 0.25) is 0 Å². The zero-order valence-corrected chi connectivity index (χ0v) is 17.9. The summed E-state index contributed by atoms with van der Waals surface area (Å²) in [4.78, 5) is 8.49. The summed E-state index contributed by atoms with van der Waals surface area (Å²) in [5.41, 5.74) is 7.60. The maximum atomic E-state index is 9.59. The zero-order valence-electron chi connectivity index (χ0n) is 17.9. The number of aromatic amines is 1. The van der Waals surface area contributed by atoms with Gasteiger partial charge in [-0.3, -0.25) is 0 Å². The molecule has 1 heterocycles. The number of rotatable bonds is 5. The predicted molar refractivity (Wildman–Crippen MR) is 135 cm³/mol. The van der Waals surface area contributed by atoms with E-state index in [0.717, 1.165) is 45.0 Å². The number of allylic oxidation sites excluding steroid dienone is 1. The molecule has 5 rings (SSSR count). The Balaban J connectivity index is 1.52. The first-order valence-electron chi connectivity index (χ1n) is 10.8. The van der Waals surface area contributed by atoms with Crippen LogP contribution in [0.25, 0.3) is 45.6 Å². The standard InChI is InChI=1S/C30H21N3/c31-21-27(23-10-4-1-5-11-23)20-22-16-18-26(19-17-22)30-32-28(24-12-6-2-7-13-24)29(33-30)25-14-8-3-9-15-25/h1-20H,(H,32,33)/b27-20+. The summed E-state index contributed by atoms with van der Waals surface area (Å²) in [6.07, 6.45) is 1.91. The molecule has 0 amide bonds. The van der Waals surface area contributed by atoms with Crippen LogP contribution in [0.5, 0.6) is 0 Å². The molecule has 1 N–H and O–H groups in total. The van der Waals surface area contributed by atoms with E-state index < -0.39 is 0 Å². The lowest BCUT2D eigenvalue weighted by atomic mass is 10.0. The fourth-order valence-corrected chi connectivity index (χ4v) is 3.83. The second-order valence-electron chi connectivity index (χ2n) is 7.70. The smallest absolute Gasteiger partial charge is 0.138 e. The van der Waals surface area contributed by atoms with Gasteiger partial charge in [0.05, 0.1) is 23.0 Å². The molecule has 0 radical (unpaired) electrons. The Morgan fingerprint density at radius 1 is 0.667 bits per heavy atom. The van der Waals surface area contributed by atoms with Crippen molar-refractivity contribution >= 4 is 11.6 Å². The quantitative estimate of drug-likeness (QED) is 0.235. The number of hydrogen-bond acceptors (Lipinski definition) is 2. The first-order chi connectivity index (χ1) is 16.3. The lowest BCUT2D eigenvalue weighted by molar-refractivity contribution is 1.31. The minimum absolute atomic E-state index is 0.638. The summed E-state index contributed by atoms with van der Waals surface area (Å²) < 4.78 is 0. The van der Waals surface area contributed by atoms with Gasteiger partial charge < -0.3 is 4.98 Å². The molecule has 0 unspecified atom stereocenters. The highest BCUT2D eigenvalue weighted by Gasteiger charge is 2.15. The van der Waals surface area contributed by atoms with Crippen molar-refractivity contribution in [3.8, 4) is 40.0 Å². The largest absolute Gasteiger partial charge is 0.337 e. The SMILES string of the molecule is N#C/C(=C\c1ccc(-c2nc(-c3ccccc3)c(-c3ccccc3)[nH]2)cc1)c1ccccc1. The van der Waals surface area contributed by atoms with Crippen molar-refractivity contribution in [2.45, 2.75) is 0 Å². The number of nitrogens with one attached hydrogen (secondary N) is 1. The molecule has 0 atom stereocenters. The van der Waals surface area contributed by atoms with E-state index >= 15 is 0 Å². The van der Waals surface area contributed by atoms with Crippen molar-refractivity contribution in [1.82, 2.24) is 9.97 Å². The minimum atomic E-state index is 0.638. The van der Waals surface area contributed by atoms with E-state index in [-0.39, 0.29) is 0 Å². The molecule has 0 aliphatic heterocycles. The summed E-state index contributed by atoms with van der Waals surface area (Å²) in [6, 6.07) is 40.6. The summed E-state index contributed by atoms with van der Waals surface area (Å²) in [6.45, 7) is 0. The van der Waals surface area contributed by atoms with Gasteiger partial charge in [0.2, 0.25) is 0 Å². The number of nitrogens with zero attached hydrogens (tertiary/aromatic N) is 2. The van der Waals surface area contributed by atoms with Crippen molar-refractivity contribution < 1.29 is 0 Å². The lowest BCUT2D eigenvalue weighted by Gasteiger charge is -2.02. The van der Waals surface area contributed by atoms with E-state index in [1.807, 2.05) is 97.1 Å². The van der Waals surface area contributed by atoms with Crippen molar-refractivity contribution in [2.24, 2.45) is 0 Å². The Morgan fingerprint density at radius 2 is 1.24 bits per heavy atom. The number of aromatic nitrogens is 2. The molecule has 5 aromatic rings. The fraction of sp³-hybridized carbons (Fsp3) is 0. The van der Waals surface area contributed by atoms with Gasteiger partial charge in [0, 0.05) is 16.7 Å². The van der Waals surface area contributed by atoms with Gasteiger partial charge in [-0.25, -0.2) is 4.98 Å². The molecule has 3 nitrogen and oxygen atoms in total. The van der Waals surface area contributed by atoms with Crippen LogP contribution in [0, 0.1) is 11.3 Å². The van der Waals surface area contributed by atoms with Crippen LogP contribution in [0.3, 0.4) is 0 Å². The van der Waals surface area contributed by atoms with Gasteiger partial charge >= 0.3 is 0 Å². The molecular formula is C30H21N3. The Morgan fingerprint density at radius 3 is 1.85 bits per heavy atom. The van der Waals surface area contributed by atoms with E-state index in [2.05, 4.69) is 35.3 Å². The van der Waals surface area contributed by atoms with E-state index in [0.29, 0.717) is 5.57 Å². The lowest BCUT2D eigenvalue weighted by Crippen LogP contribution is -1.84. The summed E-state index contributed by atoms with van der Waals surface area (Å²) in [7, 11) is 0. The summed E-state index contributed by atoms with van der Waals surface area (Å²) >= 11 is 0. The Hall–Kier alpha value is -4.68. The van der Waals surface area contributed by atoms with Crippen LogP contribution in [-0.2, 0) is 0 Å². The molecule has 1 aromatic heterocycles. The molecule has 156 valence electrons. The van der Waals surface area contributed by atoms with Gasteiger partial charge in [0.1, 0.15) is 5.82 Å². The van der Waals surface area contributed by atoms with Crippen LogP contribution in [-0.4, -0.2) is 9.97 Å². The summed E-state index contributed by atoms with van der Waals surface area (Å²) in [5, 5.41) is 9.59. The molecule has 0 saturated heterocycles. The van der Waals surface area contributed by atoms with Gasteiger partial charge in [-0.15, -0.1) is 0 Å². The van der Waals surface area contributed by atoms with Crippen LogP contribution < -0.4 is 0 Å². The maximum Gasteiger partial charge on any atom is 0.138 e. The van der Waals surface area contributed by atoms with E-state index in [4.69, 9.17) is 4.98 Å². The highest BCUT2D eigenvalue weighted by Crippen LogP contribution is 2.33. The fourth-order valence-electron chi connectivity index (χ4n) is 3.83. The number of H-pyrrole nitrogens is 1. The minimum Gasteiger partial charge on any atom is -0.337 e. The van der Waals surface area contributed by atoms with E-state index in [9.17, 15) is 5.26 Å². The Labute approximate surface area is 193 Å². The summed E-state index contributed by atoms with van der Waals surface area (Å²) in [5.74, 6) is 0.812. The molecular weight excluding hydrogens is 402 g/mol. The second kappa shape index (κ2) is 9.21. The van der Waals surface area contributed by atoms with Gasteiger partial charge in [-0.1, -0.05) is 115 Å². The first-order valence-corrected chi connectivity index (χ1v) is 10.8. The molecule has 0 spiro atoms. The monoisotopic (exact) mass is 423 g/mol. The highest BCUT2D eigenvalue weighted by molar-refractivity contribution is 5.90. The number of imidazole rings is 1. The maximum absolute atomic E-state index is 9.59. The molecule has 4 aromatic carbocycles. The predicted octanol–water partition coefficient (Wildman–Crippen LogP) is 7.47. The molecule has 0 aliphatic rings. The van der Waals surface area contributed by atoms with E-state index in [1.165, 1.54) is 0 Å². The van der Waals surface area contributed by atoms with Crippen LogP contribution >= 0.6 is 0 Å². The van der Waals surface area contributed by atoms with Crippen molar-refractivity contribution in [1.29, 1.82) is 5.26 Å². The van der Waals surface area contributed by atoms with Crippen molar-refractivity contribution in [3.05, 3.63) is 126 Å². The van der Waals surface area contributed by atoms with Crippen LogP contribution in [0.15, 0.2) is 115 Å². The first kappa shape index (κ1) is 20.2. The Bertz CT molecular complexity index is 1370. The zero-order chi connectivity index (χ0) is 22.5. The number of benzene rings is 4. The molecule has 33 heavy (non-hydrogen) atoms. The van der Waals surface area contributed by atoms with E-state index in [1.54, 1.807) is 0 Å². The third kappa shape index (κ3) is 4.37. The van der Waals surface area contributed by atoms with Crippen molar-refractivity contribution in [2.75, 3.05) is 0 Å². The number of hydrogen-bond donors (Lipinski definition) is 1. The molecule has 3 heteroatoms. The topological polar surface area (TPSA) is 52.5 Å². The third-order valence-electron chi connectivity index (χ3n) is 5.51. The van der Waals surface area contributed by atoms with Gasteiger partial charge in [-0.2, -0.15) is 5.26 Å². The van der Waals surface area contributed by atoms with Crippen LogP contribution in [0.1, 0.15) is 11.1 Å². The molecule has 0 bridgehead atoms. The molecule has 0 aliphatic carbocycles. The van der Waals surface area contributed by atoms with Crippen molar-refractivity contribution in [3.63, 3.8) is 0 Å². The van der Waals surface area contributed by atoms with Gasteiger partial charge in [-0.05, 0) is 17.2 Å². The van der Waals surface area contributed by atoms with Gasteiger partial charge in [0.25, 0.3) is 0 Å². The highest BCUT2D eigenvalue weighted by atomic mass is 14.9. The molecule has 0 saturated carbocycles. The molecule has 0 fully saturated rings. The number of nitriles is 1. The Kier molecular flexibility index (Phi) is 5.65. The third-order valence-corrected chi connectivity index (χ3v) is 5.51. The normalized spacial score (nSPS) is 11.2. The average molecular weight is 424 g/mol.